The molecule has 0 aliphatic rings. The van der Waals surface area contributed by atoms with Gasteiger partial charge in [-0.3, -0.25) is 9.59 Å². The van der Waals surface area contributed by atoms with Crippen molar-refractivity contribution in [1.29, 1.82) is 0 Å². The first-order valence-corrected chi connectivity index (χ1v) is 7.15. The fourth-order valence-electron chi connectivity index (χ4n) is 1.83. The van der Waals surface area contributed by atoms with Crippen LogP contribution in [0, 0.1) is 0 Å². The van der Waals surface area contributed by atoms with E-state index < -0.39 is 0 Å². The highest BCUT2D eigenvalue weighted by atomic mass is 35.5. The van der Waals surface area contributed by atoms with Gasteiger partial charge in [0.25, 0.3) is 0 Å². The standard InChI is InChI=1S/C15H20ClNO3/c1-3-13(11-5-7-12(16)8-6-11)17-14(18)9-10-15(19)20-4-2/h5-8,13H,3-4,9-10H2,1-2H3,(H,17,18). The van der Waals surface area contributed by atoms with E-state index in [0.29, 0.717) is 11.6 Å². The Morgan fingerprint density at radius 2 is 1.85 bits per heavy atom. The van der Waals surface area contributed by atoms with Crippen molar-refractivity contribution in [2.75, 3.05) is 6.61 Å². The number of benzene rings is 1. The lowest BCUT2D eigenvalue weighted by Gasteiger charge is -2.17. The predicted molar refractivity (Wildman–Crippen MR) is 78.5 cm³/mol. The van der Waals surface area contributed by atoms with E-state index in [1.165, 1.54) is 0 Å². The summed E-state index contributed by atoms with van der Waals surface area (Å²) in [5.41, 5.74) is 1.00. The molecule has 0 aromatic heterocycles. The first-order chi connectivity index (χ1) is 9.56. The largest absolute Gasteiger partial charge is 0.466 e. The molecule has 0 aliphatic carbocycles. The van der Waals surface area contributed by atoms with Crippen molar-refractivity contribution in [1.82, 2.24) is 5.32 Å². The lowest BCUT2D eigenvalue weighted by atomic mass is 10.0. The summed E-state index contributed by atoms with van der Waals surface area (Å²) in [4.78, 5) is 23.0. The average Bonchev–Trinajstić information content (AvgIpc) is 2.44. The number of rotatable bonds is 7. The molecule has 0 bridgehead atoms. The van der Waals surface area contributed by atoms with Crippen molar-refractivity contribution in [3.05, 3.63) is 34.9 Å². The van der Waals surface area contributed by atoms with Crippen molar-refractivity contribution < 1.29 is 14.3 Å². The van der Waals surface area contributed by atoms with Crippen LogP contribution in [0.4, 0.5) is 0 Å². The fraction of sp³-hybridized carbons (Fsp3) is 0.467. The highest BCUT2D eigenvalue weighted by Gasteiger charge is 2.14. The molecule has 1 atom stereocenters. The average molecular weight is 298 g/mol. The molecule has 1 N–H and O–H groups in total. The highest BCUT2D eigenvalue weighted by Crippen LogP contribution is 2.19. The van der Waals surface area contributed by atoms with Gasteiger partial charge in [-0.1, -0.05) is 30.7 Å². The molecule has 0 fully saturated rings. The van der Waals surface area contributed by atoms with Crippen molar-refractivity contribution in [2.24, 2.45) is 0 Å². The first kappa shape index (κ1) is 16.5. The van der Waals surface area contributed by atoms with Gasteiger partial charge in [0.05, 0.1) is 19.1 Å². The van der Waals surface area contributed by atoms with Crippen LogP contribution in [-0.2, 0) is 14.3 Å². The van der Waals surface area contributed by atoms with Gasteiger partial charge in [-0.25, -0.2) is 0 Å². The Hall–Kier alpha value is -1.55. The molecule has 5 heteroatoms. The Balaban J connectivity index is 2.49. The van der Waals surface area contributed by atoms with Gasteiger partial charge in [0, 0.05) is 11.4 Å². The first-order valence-electron chi connectivity index (χ1n) is 6.77. The molecule has 0 spiro atoms. The maximum atomic E-state index is 11.8. The van der Waals surface area contributed by atoms with Crippen LogP contribution in [0.3, 0.4) is 0 Å². The van der Waals surface area contributed by atoms with Crippen LogP contribution in [0.25, 0.3) is 0 Å². The van der Waals surface area contributed by atoms with Crippen LogP contribution in [-0.4, -0.2) is 18.5 Å². The molecular weight excluding hydrogens is 278 g/mol. The number of halogens is 1. The topological polar surface area (TPSA) is 55.4 Å². The summed E-state index contributed by atoms with van der Waals surface area (Å²) in [6, 6.07) is 7.31. The van der Waals surface area contributed by atoms with E-state index in [1.54, 1.807) is 19.1 Å². The van der Waals surface area contributed by atoms with E-state index in [0.717, 1.165) is 12.0 Å². The summed E-state index contributed by atoms with van der Waals surface area (Å²) in [6.07, 6.45) is 1.02. The second kappa shape index (κ2) is 8.59. The monoisotopic (exact) mass is 297 g/mol. The zero-order chi connectivity index (χ0) is 15.0. The van der Waals surface area contributed by atoms with E-state index in [4.69, 9.17) is 16.3 Å². The third kappa shape index (κ3) is 5.61. The minimum Gasteiger partial charge on any atom is -0.466 e. The van der Waals surface area contributed by atoms with Crippen molar-refractivity contribution >= 4 is 23.5 Å². The second-order valence-electron chi connectivity index (χ2n) is 4.38. The Kier molecular flexibility index (Phi) is 7.09. The van der Waals surface area contributed by atoms with E-state index >= 15 is 0 Å². The molecule has 0 aliphatic heterocycles. The Morgan fingerprint density at radius 3 is 2.40 bits per heavy atom. The van der Waals surface area contributed by atoms with Gasteiger partial charge in [0.1, 0.15) is 0 Å². The molecule has 0 saturated carbocycles. The summed E-state index contributed by atoms with van der Waals surface area (Å²) >= 11 is 5.84. The van der Waals surface area contributed by atoms with Gasteiger partial charge in [0.2, 0.25) is 5.91 Å². The van der Waals surface area contributed by atoms with Gasteiger partial charge in [-0.05, 0) is 31.0 Å². The quantitative estimate of drug-likeness (QED) is 0.786. The lowest BCUT2D eigenvalue weighted by Crippen LogP contribution is -2.28. The third-order valence-corrected chi connectivity index (χ3v) is 3.13. The molecule has 0 heterocycles. The number of amides is 1. The van der Waals surface area contributed by atoms with Gasteiger partial charge in [0.15, 0.2) is 0 Å². The van der Waals surface area contributed by atoms with Crippen LogP contribution in [0.2, 0.25) is 5.02 Å². The van der Waals surface area contributed by atoms with E-state index in [-0.39, 0.29) is 30.8 Å². The molecule has 1 aromatic rings. The van der Waals surface area contributed by atoms with E-state index in [9.17, 15) is 9.59 Å². The molecule has 1 aromatic carbocycles. The summed E-state index contributed by atoms with van der Waals surface area (Å²) < 4.78 is 4.79. The normalized spacial score (nSPS) is 11.8. The zero-order valence-corrected chi connectivity index (χ0v) is 12.6. The molecule has 4 nitrogen and oxygen atoms in total. The highest BCUT2D eigenvalue weighted by molar-refractivity contribution is 6.30. The lowest BCUT2D eigenvalue weighted by molar-refractivity contribution is -0.144. The molecular formula is C15H20ClNO3. The van der Waals surface area contributed by atoms with Crippen molar-refractivity contribution in [3.63, 3.8) is 0 Å². The molecule has 110 valence electrons. The Morgan fingerprint density at radius 1 is 1.20 bits per heavy atom. The molecule has 1 unspecified atom stereocenters. The number of esters is 1. The second-order valence-corrected chi connectivity index (χ2v) is 4.82. The number of hydrogen-bond acceptors (Lipinski definition) is 3. The number of carbonyl (C=O) groups excluding carboxylic acids is 2. The Labute approximate surface area is 124 Å². The smallest absolute Gasteiger partial charge is 0.306 e. The zero-order valence-electron chi connectivity index (χ0n) is 11.8. The maximum Gasteiger partial charge on any atom is 0.306 e. The minimum absolute atomic E-state index is 0.0676. The maximum absolute atomic E-state index is 11.8. The summed E-state index contributed by atoms with van der Waals surface area (Å²) in [6.45, 7) is 4.07. The number of nitrogens with one attached hydrogen (secondary N) is 1. The molecule has 1 rings (SSSR count). The van der Waals surface area contributed by atoms with E-state index in [2.05, 4.69) is 5.32 Å². The Bertz CT molecular complexity index is 445. The molecule has 0 radical (unpaired) electrons. The van der Waals surface area contributed by atoms with Gasteiger partial charge in [-0.15, -0.1) is 0 Å². The summed E-state index contributed by atoms with van der Waals surface area (Å²) in [5, 5.41) is 3.57. The number of carbonyl (C=O) groups is 2. The fourth-order valence-corrected chi connectivity index (χ4v) is 1.96. The van der Waals surface area contributed by atoms with Crippen LogP contribution in [0.15, 0.2) is 24.3 Å². The molecule has 0 saturated heterocycles. The van der Waals surface area contributed by atoms with Gasteiger partial charge < -0.3 is 10.1 Å². The molecule has 20 heavy (non-hydrogen) atoms. The van der Waals surface area contributed by atoms with Crippen molar-refractivity contribution in [2.45, 2.75) is 39.2 Å². The number of ether oxygens (including phenoxy) is 1. The van der Waals surface area contributed by atoms with Gasteiger partial charge in [-0.2, -0.15) is 0 Å². The predicted octanol–water partition coefficient (Wildman–Crippen LogP) is 3.25. The van der Waals surface area contributed by atoms with Crippen LogP contribution < -0.4 is 5.32 Å². The molecule has 1 amide bonds. The summed E-state index contributed by atoms with van der Waals surface area (Å²) in [7, 11) is 0. The SMILES string of the molecule is CCOC(=O)CCC(=O)NC(CC)c1ccc(Cl)cc1. The van der Waals surface area contributed by atoms with Crippen LogP contribution >= 0.6 is 11.6 Å². The van der Waals surface area contributed by atoms with Crippen LogP contribution in [0.1, 0.15) is 44.7 Å². The summed E-state index contributed by atoms with van der Waals surface area (Å²) in [5.74, 6) is -0.498. The minimum atomic E-state index is -0.345. The van der Waals surface area contributed by atoms with Crippen LogP contribution in [0.5, 0.6) is 0 Å². The van der Waals surface area contributed by atoms with Gasteiger partial charge >= 0.3 is 5.97 Å². The van der Waals surface area contributed by atoms with E-state index in [1.807, 2.05) is 19.1 Å². The third-order valence-electron chi connectivity index (χ3n) is 2.88. The van der Waals surface area contributed by atoms with Crippen molar-refractivity contribution in [3.8, 4) is 0 Å². The number of hydrogen-bond donors (Lipinski definition) is 1.